The molecule has 2 heterocycles. The van der Waals surface area contributed by atoms with Gasteiger partial charge in [-0.05, 0) is 50.0 Å². The van der Waals surface area contributed by atoms with Crippen molar-refractivity contribution in [3.8, 4) is 0 Å². The first kappa shape index (κ1) is 11.0. The lowest BCUT2D eigenvalue weighted by Gasteiger charge is -2.37. The van der Waals surface area contributed by atoms with Crippen LogP contribution >= 0.6 is 0 Å². The molecule has 0 radical (unpaired) electrons. The molecule has 3 rings (SSSR count). The lowest BCUT2D eigenvalue weighted by molar-refractivity contribution is 0.126. The summed E-state index contributed by atoms with van der Waals surface area (Å²) < 4.78 is 0. The van der Waals surface area contributed by atoms with Crippen LogP contribution in [0.2, 0.25) is 0 Å². The first-order valence-electron chi connectivity index (χ1n) is 7.20. The average molecular weight is 222 g/mol. The van der Waals surface area contributed by atoms with E-state index in [-0.39, 0.29) is 0 Å². The van der Waals surface area contributed by atoms with Gasteiger partial charge in [0, 0.05) is 25.2 Å². The highest BCUT2D eigenvalue weighted by molar-refractivity contribution is 4.97. The van der Waals surface area contributed by atoms with Gasteiger partial charge in [0.15, 0.2) is 0 Å². The van der Waals surface area contributed by atoms with E-state index in [1.165, 1.54) is 45.3 Å². The Labute approximate surface area is 99.8 Å². The summed E-state index contributed by atoms with van der Waals surface area (Å²) in [5, 5.41) is 3.67. The molecule has 0 bridgehead atoms. The third-order valence-corrected chi connectivity index (χ3v) is 5.06. The van der Waals surface area contributed by atoms with E-state index in [9.17, 15) is 0 Å². The molecule has 1 aliphatic carbocycles. The van der Waals surface area contributed by atoms with Crippen LogP contribution in [0, 0.1) is 17.8 Å². The van der Waals surface area contributed by atoms with Crippen LogP contribution in [0.4, 0.5) is 0 Å². The molecule has 3 aliphatic rings. The number of rotatable bonds is 1. The standard InChI is InChI=1S/C14H26N2/c1-10-5-11(2)7-13(6-10)16-8-12-3-4-15-14(12)9-16/h10-15H,3-9H2,1-2H3/t10?,11?,12-,13?,14+/m0/s1. The molecule has 1 N–H and O–H groups in total. The third kappa shape index (κ3) is 2.02. The fourth-order valence-corrected chi connectivity index (χ4v) is 4.38. The van der Waals surface area contributed by atoms with Gasteiger partial charge >= 0.3 is 0 Å². The first-order chi connectivity index (χ1) is 7.72. The summed E-state index contributed by atoms with van der Waals surface area (Å²) in [4.78, 5) is 2.80. The quantitative estimate of drug-likeness (QED) is 0.731. The van der Waals surface area contributed by atoms with Crippen LogP contribution < -0.4 is 5.32 Å². The summed E-state index contributed by atoms with van der Waals surface area (Å²) in [6.07, 6.45) is 5.77. The van der Waals surface area contributed by atoms with Crippen molar-refractivity contribution in [3.05, 3.63) is 0 Å². The van der Waals surface area contributed by atoms with E-state index in [1.54, 1.807) is 0 Å². The second-order valence-corrected chi connectivity index (χ2v) is 6.63. The van der Waals surface area contributed by atoms with E-state index in [0.717, 1.165) is 29.8 Å². The van der Waals surface area contributed by atoms with Crippen LogP contribution in [-0.2, 0) is 0 Å². The molecule has 0 aromatic heterocycles. The van der Waals surface area contributed by atoms with Crippen molar-refractivity contribution in [2.75, 3.05) is 19.6 Å². The van der Waals surface area contributed by atoms with Crippen molar-refractivity contribution in [1.29, 1.82) is 0 Å². The van der Waals surface area contributed by atoms with Gasteiger partial charge in [-0.1, -0.05) is 13.8 Å². The number of nitrogens with one attached hydrogen (secondary N) is 1. The summed E-state index contributed by atoms with van der Waals surface area (Å²) in [5.74, 6) is 2.86. The molecule has 0 spiro atoms. The molecule has 2 nitrogen and oxygen atoms in total. The fourth-order valence-electron chi connectivity index (χ4n) is 4.38. The Morgan fingerprint density at radius 2 is 1.75 bits per heavy atom. The zero-order valence-electron chi connectivity index (χ0n) is 10.8. The lowest BCUT2D eigenvalue weighted by atomic mass is 9.80. The molecule has 4 atom stereocenters. The van der Waals surface area contributed by atoms with Gasteiger partial charge in [-0.2, -0.15) is 0 Å². The number of hydrogen-bond donors (Lipinski definition) is 1. The SMILES string of the molecule is CC1CC(C)CC(N2C[C@@H]3CCN[C@@H]3C2)C1. The highest BCUT2D eigenvalue weighted by Crippen LogP contribution is 2.35. The van der Waals surface area contributed by atoms with Gasteiger partial charge in [-0.15, -0.1) is 0 Å². The Bertz CT molecular complexity index is 231. The summed E-state index contributed by atoms with van der Waals surface area (Å²) in [5.41, 5.74) is 0. The molecule has 92 valence electrons. The highest BCUT2D eigenvalue weighted by atomic mass is 15.2. The second-order valence-electron chi connectivity index (χ2n) is 6.63. The summed E-state index contributed by atoms with van der Waals surface area (Å²) in [6.45, 7) is 8.85. The van der Waals surface area contributed by atoms with Gasteiger partial charge in [0.2, 0.25) is 0 Å². The molecular formula is C14H26N2. The largest absolute Gasteiger partial charge is 0.312 e. The first-order valence-corrected chi connectivity index (χ1v) is 7.20. The molecule has 3 fully saturated rings. The van der Waals surface area contributed by atoms with Crippen LogP contribution in [0.1, 0.15) is 39.5 Å². The van der Waals surface area contributed by atoms with Crippen molar-refractivity contribution in [3.63, 3.8) is 0 Å². The molecule has 1 saturated carbocycles. The molecular weight excluding hydrogens is 196 g/mol. The van der Waals surface area contributed by atoms with E-state index in [2.05, 4.69) is 24.1 Å². The molecule has 2 unspecified atom stereocenters. The van der Waals surface area contributed by atoms with E-state index < -0.39 is 0 Å². The molecule has 2 aliphatic heterocycles. The van der Waals surface area contributed by atoms with Crippen molar-refractivity contribution in [2.45, 2.75) is 51.6 Å². The summed E-state index contributed by atoms with van der Waals surface area (Å²) >= 11 is 0. The number of fused-ring (bicyclic) bond motifs is 1. The van der Waals surface area contributed by atoms with E-state index >= 15 is 0 Å². The highest BCUT2D eigenvalue weighted by Gasteiger charge is 2.40. The number of nitrogens with zero attached hydrogens (tertiary/aromatic N) is 1. The van der Waals surface area contributed by atoms with Gasteiger partial charge in [-0.3, -0.25) is 4.90 Å². The molecule has 0 aromatic carbocycles. The molecule has 0 amide bonds. The molecule has 2 heteroatoms. The minimum atomic E-state index is 0.826. The number of likely N-dealkylation sites (tertiary alicyclic amines) is 1. The Morgan fingerprint density at radius 3 is 2.44 bits per heavy atom. The maximum Gasteiger partial charge on any atom is 0.0236 e. The van der Waals surface area contributed by atoms with Gasteiger partial charge in [0.25, 0.3) is 0 Å². The molecule has 2 saturated heterocycles. The topological polar surface area (TPSA) is 15.3 Å². The molecule has 0 aromatic rings. The predicted molar refractivity (Wildman–Crippen MR) is 67.4 cm³/mol. The van der Waals surface area contributed by atoms with Crippen molar-refractivity contribution in [2.24, 2.45) is 17.8 Å². The molecule has 16 heavy (non-hydrogen) atoms. The maximum atomic E-state index is 3.67. The lowest BCUT2D eigenvalue weighted by Crippen LogP contribution is -2.41. The minimum Gasteiger partial charge on any atom is -0.312 e. The van der Waals surface area contributed by atoms with Crippen molar-refractivity contribution < 1.29 is 0 Å². The normalized spacial score (nSPS) is 49.5. The van der Waals surface area contributed by atoms with Crippen molar-refractivity contribution >= 4 is 0 Å². The Balaban J connectivity index is 1.61. The van der Waals surface area contributed by atoms with Gasteiger partial charge in [0.1, 0.15) is 0 Å². The monoisotopic (exact) mass is 222 g/mol. The van der Waals surface area contributed by atoms with Gasteiger partial charge in [-0.25, -0.2) is 0 Å². The van der Waals surface area contributed by atoms with Gasteiger partial charge in [0.05, 0.1) is 0 Å². The zero-order valence-corrected chi connectivity index (χ0v) is 10.8. The fraction of sp³-hybridized carbons (Fsp3) is 1.00. The Hall–Kier alpha value is -0.0800. The summed E-state index contributed by atoms with van der Waals surface area (Å²) in [7, 11) is 0. The van der Waals surface area contributed by atoms with Crippen LogP contribution in [0.15, 0.2) is 0 Å². The third-order valence-electron chi connectivity index (χ3n) is 5.06. The van der Waals surface area contributed by atoms with Gasteiger partial charge < -0.3 is 5.32 Å². The maximum absolute atomic E-state index is 3.67. The predicted octanol–water partition coefficient (Wildman–Crippen LogP) is 2.10. The summed E-state index contributed by atoms with van der Waals surface area (Å²) in [6, 6.07) is 1.72. The number of hydrogen-bond acceptors (Lipinski definition) is 2. The van der Waals surface area contributed by atoms with E-state index in [0.29, 0.717) is 0 Å². The van der Waals surface area contributed by atoms with E-state index in [1.807, 2.05) is 0 Å². The Morgan fingerprint density at radius 1 is 1.00 bits per heavy atom. The van der Waals surface area contributed by atoms with Crippen LogP contribution in [0.3, 0.4) is 0 Å². The smallest absolute Gasteiger partial charge is 0.0236 e. The zero-order chi connectivity index (χ0) is 11.1. The average Bonchev–Trinajstić information content (AvgIpc) is 2.74. The van der Waals surface area contributed by atoms with Crippen LogP contribution in [-0.4, -0.2) is 36.6 Å². The van der Waals surface area contributed by atoms with Crippen LogP contribution in [0.5, 0.6) is 0 Å². The Kier molecular flexibility index (Phi) is 2.97. The second kappa shape index (κ2) is 4.30. The van der Waals surface area contributed by atoms with E-state index in [4.69, 9.17) is 0 Å². The minimum absolute atomic E-state index is 0.826. The van der Waals surface area contributed by atoms with Crippen LogP contribution in [0.25, 0.3) is 0 Å². The van der Waals surface area contributed by atoms with Crippen molar-refractivity contribution in [1.82, 2.24) is 10.2 Å².